The van der Waals surface area contributed by atoms with Crippen LogP contribution in [0.25, 0.3) is 0 Å². The molecule has 0 aliphatic rings. The molecule has 1 atom stereocenters. The van der Waals surface area contributed by atoms with Crippen LogP contribution in [-0.2, 0) is 14.3 Å². The molecule has 0 saturated heterocycles. The Morgan fingerprint density at radius 3 is 2.40 bits per heavy atom. The summed E-state index contributed by atoms with van der Waals surface area (Å²) in [6.07, 6.45) is 0.971. The first-order chi connectivity index (χ1) is 12.1. The van der Waals surface area contributed by atoms with Gasteiger partial charge in [0.05, 0.1) is 0 Å². The topological polar surface area (TPSA) is 64.6 Å². The average Bonchev–Trinajstić information content (AvgIpc) is 2.65. The number of esters is 1. The summed E-state index contributed by atoms with van der Waals surface area (Å²) in [6.45, 7) is 3.62. The van der Waals surface area contributed by atoms with Crippen LogP contribution in [0.3, 0.4) is 0 Å². The van der Waals surface area contributed by atoms with Crippen LogP contribution in [0.5, 0.6) is 5.75 Å². The molecule has 0 unspecified atom stereocenters. The van der Waals surface area contributed by atoms with Gasteiger partial charge in [-0.25, -0.2) is 4.79 Å². The quantitative estimate of drug-likeness (QED) is 0.743. The molecule has 1 N–H and O–H groups in total. The Morgan fingerprint density at radius 1 is 1.00 bits per heavy atom. The van der Waals surface area contributed by atoms with Crippen LogP contribution in [0.15, 0.2) is 54.6 Å². The van der Waals surface area contributed by atoms with Gasteiger partial charge >= 0.3 is 5.97 Å². The van der Waals surface area contributed by atoms with E-state index >= 15 is 0 Å². The molecule has 2 aromatic rings. The zero-order chi connectivity index (χ0) is 18.1. The highest BCUT2D eigenvalue weighted by molar-refractivity contribution is 5.93. The molecule has 5 heteroatoms. The van der Waals surface area contributed by atoms with Crippen LogP contribution in [0.1, 0.15) is 31.7 Å². The van der Waals surface area contributed by atoms with Crippen molar-refractivity contribution in [3.63, 3.8) is 0 Å². The van der Waals surface area contributed by atoms with Crippen LogP contribution in [0.2, 0.25) is 0 Å². The second kappa shape index (κ2) is 9.47. The average molecular weight is 341 g/mol. The minimum absolute atomic E-state index is 0.235. The van der Waals surface area contributed by atoms with E-state index in [0.717, 1.165) is 17.7 Å². The van der Waals surface area contributed by atoms with E-state index in [1.807, 2.05) is 42.5 Å². The summed E-state index contributed by atoms with van der Waals surface area (Å²) in [7, 11) is 0. The monoisotopic (exact) mass is 341 g/mol. The summed E-state index contributed by atoms with van der Waals surface area (Å²) in [5.74, 6) is -0.0530. The number of rotatable bonds is 8. The van der Waals surface area contributed by atoms with E-state index in [9.17, 15) is 9.59 Å². The van der Waals surface area contributed by atoms with Gasteiger partial charge in [-0.1, -0.05) is 50.2 Å². The Labute approximate surface area is 148 Å². The number of anilines is 1. The third-order valence-electron chi connectivity index (χ3n) is 3.84. The van der Waals surface area contributed by atoms with Crippen molar-refractivity contribution in [2.45, 2.75) is 26.2 Å². The van der Waals surface area contributed by atoms with Gasteiger partial charge in [0.1, 0.15) is 5.75 Å². The summed E-state index contributed by atoms with van der Waals surface area (Å²) < 4.78 is 10.2. The molecule has 0 bridgehead atoms. The smallest absolute Gasteiger partial charge is 0.344 e. The van der Waals surface area contributed by atoms with Gasteiger partial charge in [0.2, 0.25) is 0 Å². The minimum atomic E-state index is -0.589. The van der Waals surface area contributed by atoms with Crippen LogP contribution >= 0.6 is 0 Å². The van der Waals surface area contributed by atoms with Crippen molar-refractivity contribution in [3.05, 3.63) is 60.2 Å². The molecule has 2 aromatic carbocycles. The summed E-state index contributed by atoms with van der Waals surface area (Å²) >= 11 is 0. The highest BCUT2D eigenvalue weighted by Crippen LogP contribution is 2.26. The van der Waals surface area contributed by atoms with Crippen LogP contribution in [0, 0.1) is 0 Å². The van der Waals surface area contributed by atoms with Gasteiger partial charge in [0, 0.05) is 5.69 Å². The summed E-state index contributed by atoms with van der Waals surface area (Å²) in [6, 6.07) is 16.6. The van der Waals surface area contributed by atoms with E-state index < -0.39 is 5.97 Å². The maximum atomic E-state index is 12.0. The molecule has 0 aliphatic heterocycles. The number of para-hydroxylation sites is 2. The van der Waals surface area contributed by atoms with Gasteiger partial charge in [0.25, 0.3) is 5.91 Å². The molecular weight excluding hydrogens is 318 g/mol. The fourth-order valence-electron chi connectivity index (χ4n) is 2.29. The number of hydrogen-bond acceptors (Lipinski definition) is 4. The molecule has 0 radical (unpaired) electrons. The van der Waals surface area contributed by atoms with Crippen molar-refractivity contribution in [1.29, 1.82) is 0 Å². The predicted molar refractivity (Wildman–Crippen MR) is 96.7 cm³/mol. The normalized spacial score (nSPS) is 11.4. The molecule has 0 spiro atoms. The number of hydrogen-bond donors (Lipinski definition) is 1. The van der Waals surface area contributed by atoms with E-state index in [1.54, 1.807) is 12.1 Å². The Kier molecular flexibility index (Phi) is 7.01. The summed E-state index contributed by atoms with van der Waals surface area (Å²) in [5, 5.41) is 2.80. The molecule has 0 heterocycles. The number of amides is 1. The number of nitrogens with one attached hydrogen (secondary N) is 1. The maximum absolute atomic E-state index is 12.0. The van der Waals surface area contributed by atoms with Gasteiger partial charge in [-0.3, -0.25) is 4.79 Å². The van der Waals surface area contributed by atoms with E-state index in [0.29, 0.717) is 11.7 Å². The molecule has 25 heavy (non-hydrogen) atoms. The van der Waals surface area contributed by atoms with E-state index in [4.69, 9.17) is 9.47 Å². The molecule has 1 amide bonds. The number of benzene rings is 2. The minimum Gasteiger partial charge on any atom is -0.482 e. The Hall–Kier alpha value is -2.82. The van der Waals surface area contributed by atoms with Crippen molar-refractivity contribution in [3.8, 4) is 5.75 Å². The van der Waals surface area contributed by atoms with Crippen molar-refractivity contribution in [2.24, 2.45) is 0 Å². The lowest BCUT2D eigenvalue weighted by molar-refractivity contribution is -0.149. The first kappa shape index (κ1) is 18.5. The number of ether oxygens (including phenoxy) is 2. The predicted octanol–water partition coefficient (Wildman–Crippen LogP) is 3.76. The second-order valence-electron chi connectivity index (χ2n) is 5.71. The van der Waals surface area contributed by atoms with Gasteiger partial charge in [-0.05, 0) is 36.1 Å². The van der Waals surface area contributed by atoms with Crippen LogP contribution < -0.4 is 10.1 Å². The van der Waals surface area contributed by atoms with E-state index in [-0.39, 0.29) is 19.1 Å². The molecule has 0 saturated carbocycles. The van der Waals surface area contributed by atoms with Gasteiger partial charge < -0.3 is 14.8 Å². The largest absolute Gasteiger partial charge is 0.482 e. The lowest BCUT2D eigenvalue weighted by Gasteiger charge is -2.15. The van der Waals surface area contributed by atoms with Crippen molar-refractivity contribution in [1.82, 2.24) is 0 Å². The molecule has 132 valence electrons. The highest BCUT2D eigenvalue weighted by atomic mass is 16.6. The number of carbonyl (C=O) groups excluding carboxylic acids is 2. The summed E-state index contributed by atoms with van der Waals surface area (Å²) in [5.41, 5.74) is 1.82. The first-order valence-corrected chi connectivity index (χ1v) is 8.32. The highest BCUT2D eigenvalue weighted by Gasteiger charge is 2.13. The SMILES string of the molecule is CC[C@@H](C)c1ccccc1NC(=O)COC(=O)COc1ccccc1. The number of carbonyl (C=O) groups is 2. The van der Waals surface area contributed by atoms with Gasteiger partial charge in [0.15, 0.2) is 13.2 Å². The molecule has 0 aromatic heterocycles. The molecule has 2 rings (SSSR count). The van der Waals surface area contributed by atoms with E-state index in [1.165, 1.54) is 0 Å². The Bertz CT molecular complexity index is 700. The molecule has 5 nitrogen and oxygen atoms in total. The van der Waals surface area contributed by atoms with Gasteiger partial charge in [-0.2, -0.15) is 0 Å². The standard InChI is InChI=1S/C20H23NO4/c1-3-15(2)17-11-7-8-12-18(17)21-19(22)13-25-20(23)14-24-16-9-5-4-6-10-16/h4-12,15H,3,13-14H2,1-2H3,(H,21,22)/t15-/m1/s1. The van der Waals surface area contributed by atoms with Crippen molar-refractivity contribution in [2.75, 3.05) is 18.5 Å². The van der Waals surface area contributed by atoms with Crippen molar-refractivity contribution < 1.29 is 19.1 Å². The zero-order valence-corrected chi connectivity index (χ0v) is 14.5. The van der Waals surface area contributed by atoms with E-state index in [2.05, 4.69) is 19.2 Å². The second-order valence-corrected chi connectivity index (χ2v) is 5.71. The third-order valence-corrected chi connectivity index (χ3v) is 3.84. The van der Waals surface area contributed by atoms with Crippen molar-refractivity contribution >= 4 is 17.6 Å². The fourth-order valence-corrected chi connectivity index (χ4v) is 2.29. The van der Waals surface area contributed by atoms with Gasteiger partial charge in [-0.15, -0.1) is 0 Å². The molecule has 0 aliphatic carbocycles. The van der Waals surface area contributed by atoms with Crippen LogP contribution in [-0.4, -0.2) is 25.1 Å². The molecule has 0 fully saturated rings. The summed E-state index contributed by atoms with van der Waals surface area (Å²) in [4.78, 5) is 23.7. The Morgan fingerprint density at radius 2 is 1.68 bits per heavy atom. The first-order valence-electron chi connectivity index (χ1n) is 8.32. The third kappa shape index (κ3) is 5.95. The van der Waals surface area contributed by atoms with Crippen LogP contribution in [0.4, 0.5) is 5.69 Å². The fraction of sp³-hybridized carbons (Fsp3) is 0.300. The zero-order valence-electron chi connectivity index (χ0n) is 14.5. The molecular formula is C20H23NO4. The Balaban J connectivity index is 1.80. The lowest BCUT2D eigenvalue weighted by Crippen LogP contribution is -2.24. The maximum Gasteiger partial charge on any atom is 0.344 e. The lowest BCUT2D eigenvalue weighted by atomic mass is 9.97.